The molecule has 0 fully saturated rings. The Bertz CT molecular complexity index is 1090. The average Bonchev–Trinajstić information content (AvgIpc) is 3.11. The largest absolute Gasteiger partial charge is 0.466 e. The van der Waals surface area contributed by atoms with E-state index < -0.39 is 0 Å². The van der Waals surface area contributed by atoms with Crippen LogP contribution in [-0.4, -0.2) is 22.9 Å². The quantitative estimate of drug-likeness (QED) is 0.563. The predicted octanol–water partition coefficient (Wildman–Crippen LogP) is 2.74. The third kappa shape index (κ3) is 3.58. The number of nitrogens with zero attached hydrogens (tertiary/aromatic N) is 3. The number of benzene rings is 1. The van der Waals surface area contributed by atoms with Crippen LogP contribution in [0.15, 0.2) is 64.4 Å². The van der Waals surface area contributed by atoms with Crippen molar-refractivity contribution in [3.05, 3.63) is 81.8 Å². The van der Waals surface area contributed by atoms with Crippen LogP contribution in [0.3, 0.4) is 0 Å². The fourth-order valence-electron chi connectivity index (χ4n) is 3.86. The van der Waals surface area contributed by atoms with Gasteiger partial charge in [-0.05, 0) is 38.0 Å². The Kier molecular flexibility index (Phi) is 5.25. The van der Waals surface area contributed by atoms with Crippen LogP contribution >= 0.6 is 0 Å². The SMILES string of the molecule is CCOC(=O)CCc1c(C)[n+](Cc2ccccc2)c2n(c1=O)C1C=CC=CC1=N2. The molecule has 1 atom stereocenters. The Morgan fingerprint density at radius 3 is 2.79 bits per heavy atom. The number of aliphatic imine (C=N–C) groups is 1. The first-order valence-electron chi connectivity index (χ1n) is 9.91. The summed E-state index contributed by atoms with van der Waals surface area (Å²) in [6, 6.07) is 9.89. The number of allylic oxidation sites excluding steroid dienone is 4. The fourth-order valence-corrected chi connectivity index (χ4v) is 3.86. The topological polar surface area (TPSA) is 64.5 Å². The van der Waals surface area contributed by atoms with E-state index in [1.165, 1.54) is 0 Å². The number of aromatic nitrogens is 2. The molecule has 1 unspecified atom stereocenters. The summed E-state index contributed by atoms with van der Waals surface area (Å²) in [5, 5.41) is 0. The predicted molar refractivity (Wildman–Crippen MR) is 111 cm³/mol. The molecule has 148 valence electrons. The van der Waals surface area contributed by atoms with E-state index in [2.05, 4.69) is 16.7 Å². The van der Waals surface area contributed by atoms with Crippen molar-refractivity contribution in [1.82, 2.24) is 4.57 Å². The number of esters is 1. The smallest absolute Gasteiger partial charge is 0.403 e. The lowest BCUT2D eigenvalue weighted by Crippen LogP contribution is -2.46. The molecule has 1 aromatic carbocycles. The van der Waals surface area contributed by atoms with Crippen molar-refractivity contribution < 1.29 is 14.1 Å². The summed E-state index contributed by atoms with van der Waals surface area (Å²) in [5.41, 5.74) is 3.37. The van der Waals surface area contributed by atoms with Gasteiger partial charge in [0.1, 0.15) is 0 Å². The highest BCUT2D eigenvalue weighted by atomic mass is 16.5. The van der Waals surface area contributed by atoms with Gasteiger partial charge in [0.05, 0.1) is 24.4 Å². The van der Waals surface area contributed by atoms with Gasteiger partial charge in [-0.25, -0.2) is 4.57 Å². The molecule has 0 radical (unpaired) electrons. The van der Waals surface area contributed by atoms with Gasteiger partial charge in [0.15, 0.2) is 11.8 Å². The molecule has 4 rings (SSSR count). The van der Waals surface area contributed by atoms with Crippen molar-refractivity contribution in [3.8, 4) is 0 Å². The number of carbonyl (C=O) groups is 1. The summed E-state index contributed by atoms with van der Waals surface area (Å²) in [6.07, 6.45) is 8.32. The zero-order chi connectivity index (χ0) is 20.4. The van der Waals surface area contributed by atoms with Gasteiger partial charge in [-0.15, -0.1) is 0 Å². The summed E-state index contributed by atoms with van der Waals surface area (Å²) in [6.45, 7) is 4.65. The van der Waals surface area contributed by atoms with E-state index in [0.29, 0.717) is 31.1 Å². The first-order valence-corrected chi connectivity index (χ1v) is 9.91. The molecule has 29 heavy (non-hydrogen) atoms. The van der Waals surface area contributed by atoms with Gasteiger partial charge in [-0.1, -0.05) is 47.5 Å². The molecule has 0 amide bonds. The molecule has 0 saturated carbocycles. The van der Waals surface area contributed by atoms with E-state index >= 15 is 0 Å². The normalized spacial score (nSPS) is 16.3. The molecule has 2 aliphatic rings. The Morgan fingerprint density at radius 2 is 2.03 bits per heavy atom. The number of ether oxygens (including phenoxy) is 1. The van der Waals surface area contributed by atoms with E-state index in [9.17, 15) is 9.59 Å². The number of fused-ring (bicyclic) bond motifs is 3. The minimum absolute atomic E-state index is 0.0881. The highest BCUT2D eigenvalue weighted by molar-refractivity contribution is 6.03. The molecule has 1 aliphatic carbocycles. The summed E-state index contributed by atoms with van der Waals surface area (Å²) in [5.74, 6) is 0.358. The Balaban J connectivity index is 1.82. The fraction of sp³-hybridized carbons (Fsp3) is 0.304. The molecule has 6 nitrogen and oxygen atoms in total. The van der Waals surface area contributed by atoms with Crippen LogP contribution in [0, 0.1) is 6.92 Å². The number of carbonyl (C=O) groups excluding carboxylic acids is 1. The highest BCUT2D eigenvalue weighted by Gasteiger charge is 2.38. The van der Waals surface area contributed by atoms with Gasteiger partial charge < -0.3 is 4.74 Å². The summed E-state index contributed by atoms with van der Waals surface area (Å²) in [7, 11) is 0. The highest BCUT2D eigenvalue weighted by Crippen LogP contribution is 2.28. The zero-order valence-electron chi connectivity index (χ0n) is 16.7. The molecule has 0 N–H and O–H groups in total. The number of rotatable bonds is 6. The lowest BCUT2D eigenvalue weighted by atomic mass is 10.1. The molecule has 0 bridgehead atoms. The van der Waals surface area contributed by atoms with Gasteiger partial charge in [0, 0.05) is 6.42 Å². The second-order valence-corrected chi connectivity index (χ2v) is 7.14. The first-order chi connectivity index (χ1) is 14.1. The van der Waals surface area contributed by atoms with Gasteiger partial charge in [0.2, 0.25) is 0 Å². The van der Waals surface area contributed by atoms with Gasteiger partial charge in [0.25, 0.3) is 0 Å². The minimum atomic E-state index is -0.288. The molecular formula is C23H24N3O3+. The third-order valence-electron chi connectivity index (χ3n) is 5.33. The van der Waals surface area contributed by atoms with E-state index in [1.807, 2.05) is 49.4 Å². The maximum absolute atomic E-state index is 13.4. The van der Waals surface area contributed by atoms with Crippen LogP contribution in [0.5, 0.6) is 0 Å². The summed E-state index contributed by atoms with van der Waals surface area (Å²) >= 11 is 0. The molecule has 6 heteroatoms. The summed E-state index contributed by atoms with van der Waals surface area (Å²) in [4.78, 5) is 30.0. The maximum atomic E-state index is 13.4. The molecule has 0 spiro atoms. The minimum Gasteiger partial charge on any atom is -0.466 e. The second-order valence-electron chi connectivity index (χ2n) is 7.14. The van der Waals surface area contributed by atoms with Crippen LogP contribution in [0.2, 0.25) is 0 Å². The molecule has 0 saturated heterocycles. The molecular weight excluding hydrogens is 366 g/mol. The molecule has 1 aliphatic heterocycles. The molecule has 1 aromatic heterocycles. The van der Waals surface area contributed by atoms with Gasteiger partial charge in [-0.3, -0.25) is 9.59 Å². The first kappa shape index (κ1) is 19.1. The average molecular weight is 390 g/mol. The van der Waals surface area contributed by atoms with Gasteiger partial charge >= 0.3 is 17.5 Å². The Hall–Kier alpha value is -3.28. The van der Waals surface area contributed by atoms with Gasteiger partial charge in [-0.2, -0.15) is 4.57 Å². The van der Waals surface area contributed by atoms with E-state index in [1.54, 1.807) is 11.5 Å². The van der Waals surface area contributed by atoms with Crippen LogP contribution in [-0.2, 0) is 22.5 Å². The van der Waals surface area contributed by atoms with Crippen molar-refractivity contribution >= 4 is 17.6 Å². The van der Waals surface area contributed by atoms with Crippen LogP contribution in [0.25, 0.3) is 0 Å². The van der Waals surface area contributed by atoms with Crippen LogP contribution in [0.4, 0.5) is 5.95 Å². The molecule has 2 heterocycles. The van der Waals surface area contributed by atoms with Crippen LogP contribution < -0.4 is 10.1 Å². The lowest BCUT2D eigenvalue weighted by molar-refractivity contribution is -0.685. The lowest BCUT2D eigenvalue weighted by Gasteiger charge is -2.15. The summed E-state index contributed by atoms with van der Waals surface area (Å²) < 4.78 is 8.87. The molecule has 2 aromatic rings. The van der Waals surface area contributed by atoms with Crippen molar-refractivity contribution in [2.24, 2.45) is 4.99 Å². The van der Waals surface area contributed by atoms with E-state index in [-0.39, 0.29) is 24.0 Å². The number of hydrogen-bond acceptors (Lipinski definition) is 4. The van der Waals surface area contributed by atoms with Crippen molar-refractivity contribution in [2.45, 2.75) is 39.3 Å². The second kappa shape index (κ2) is 7.99. The third-order valence-corrected chi connectivity index (χ3v) is 5.33. The standard InChI is InChI=1S/C23H24N3O3/c1-3-29-21(27)14-13-18-16(2)25(15-17-9-5-4-6-10-17)23-24-19-11-7-8-12-20(19)26(23)22(18)28/h4-12,20H,3,13-15H2,1-2H3/q+1. The monoisotopic (exact) mass is 390 g/mol. The van der Waals surface area contributed by atoms with Crippen molar-refractivity contribution in [1.29, 1.82) is 0 Å². The number of hydrogen-bond donors (Lipinski definition) is 0. The zero-order valence-corrected chi connectivity index (χ0v) is 16.7. The van der Waals surface area contributed by atoms with E-state index in [4.69, 9.17) is 9.73 Å². The van der Waals surface area contributed by atoms with Crippen molar-refractivity contribution in [2.75, 3.05) is 6.61 Å². The van der Waals surface area contributed by atoms with Crippen molar-refractivity contribution in [3.63, 3.8) is 0 Å². The Morgan fingerprint density at radius 1 is 1.24 bits per heavy atom. The Labute approximate surface area is 169 Å². The van der Waals surface area contributed by atoms with Crippen LogP contribution in [0.1, 0.15) is 36.2 Å². The van der Waals surface area contributed by atoms with E-state index in [0.717, 1.165) is 17.0 Å². The maximum Gasteiger partial charge on any atom is 0.403 e.